The van der Waals surface area contributed by atoms with Crippen LogP contribution in [0, 0.1) is 6.92 Å². The van der Waals surface area contributed by atoms with Gasteiger partial charge in [-0.15, -0.1) is 0 Å². The van der Waals surface area contributed by atoms with Crippen molar-refractivity contribution in [2.24, 2.45) is 0 Å². The lowest BCUT2D eigenvalue weighted by Gasteiger charge is -2.35. The molecule has 0 amide bonds. The van der Waals surface area contributed by atoms with E-state index < -0.39 is 5.60 Å². The van der Waals surface area contributed by atoms with Crippen LogP contribution in [-0.2, 0) is 11.3 Å². The van der Waals surface area contributed by atoms with Crippen LogP contribution in [0.2, 0.25) is 0 Å². The van der Waals surface area contributed by atoms with Crippen molar-refractivity contribution in [3.63, 3.8) is 0 Å². The maximum absolute atomic E-state index is 10.5. The minimum atomic E-state index is -0.651. The minimum absolute atomic E-state index is 0.615. The van der Waals surface area contributed by atoms with E-state index in [0.29, 0.717) is 39.1 Å². The average molecular weight is 294 g/mol. The minimum Gasteiger partial charge on any atom is -0.388 e. The van der Waals surface area contributed by atoms with Gasteiger partial charge in [0.25, 0.3) is 0 Å². The van der Waals surface area contributed by atoms with Gasteiger partial charge in [0.1, 0.15) is 11.6 Å². The van der Waals surface area contributed by atoms with Crippen molar-refractivity contribution in [3.05, 3.63) is 17.6 Å². The van der Waals surface area contributed by atoms with Crippen LogP contribution in [0.15, 0.2) is 6.07 Å². The molecule has 1 aliphatic heterocycles. The summed E-state index contributed by atoms with van der Waals surface area (Å²) >= 11 is 0. The number of aliphatic hydroxyl groups is 1. The van der Waals surface area contributed by atoms with Gasteiger partial charge in [0.15, 0.2) is 0 Å². The summed E-state index contributed by atoms with van der Waals surface area (Å²) in [6.07, 6.45) is 1.38. The van der Waals surface area contributed by atoms with Crippen LogP contribution in [0.5, 0.6) is 0 Å². The number of hydrogen-bond acceptors (Lipinski definition) is 6. The number of aromatic nitrogens is 2. The molecule has 1 saturated heterocycles. The number of aryl methyl sites for hydroxylation is 1. The van der Waals surface area contributed by atoms with E-state index in [9.17, 15) is 5.11 Å². The fourth-order valence-corrected chi connectivity index (χ4v) is 2.68. The molecule has 2 N–H and O–H groups in total. The van der Waals surface area contributed by atoms with Gasteiger partial charge in [0, 0.05) is 50.9 Å². The quantitative estimate of drug-likeness (QED) is 0.821. The van der Waals surface area contributed by atoms with Crippen LogP contribution in [0.3, 0.4) is 0 Å². The second-order valence-electron chi connectivity index (χ2n) is 5.85. The number of nitrogens with zero attached hydrogens (tertiary/aromatic N) is 3. The van der Waals surface area contributed by atoms with Crippen LogP contribution >= 0.6 is 0 Å². The smallest absolute Gasteiger partial charge is 0.144 e. The van der Waals surface area contributed by atoms with Crippen LogP contribution in [0.1, 0.15) is 31.3 Å². The lowest BCUT2D eigenvalue weighted by atomic mass is 9.94. The van der Waals surface area contributed by atoms with Crippen LogP contribution in [0.25, 0.3) is 0 Å². The van der Waals surface area contributed by atoms with E-state index in [0.717, 1.165) is 23.9 Å². The van der Waals surface area contributed by atoms with E-state index in [4.69, 9.17) is 4.74 Å². The Morgan fingerprint density at radius 1 is 1.38 bits per heavy atom. The average Bonchev–Trinajstić information content (AvgIpc) is 2.38. The molecule has 6 heteroatoms. The van der Waals surface area contributed by atoms with Gasteiger partial charge in [0.2, 0.25) is 0 Å². The number of likely N-dealkylation sites (N-methyl/N-ethyl adjacent to an activating group) is 1. The van der Waals surface area contributed by atoms with Gasteiger partial charge in [-0.1, -0.05) is 0 Å². The second kappa shape index (κ2) is 7.15. The molecule has 21 heavy (non-hydrogen) atoms. The first kappa shape index (κ1) is 16.1. The monoisotopic (exact) mass is 294 g/mol. The summed E-state index contributed by atoms with van der Waals surface area (Å²) in [6, 6.07) is 1.94. The van der Waals surface area contributed by atoms with E-state index in [2.05, 4.69) is 20.2 Å². The summed E-state index contributed by atoms with van der Waals surface area (Å²) in [6.45, 7) is 7.37. The highest BCUT2D eigenvalue weighted by atomic mass is 16.5. The fourth-order valence-electron chi connectivity index (χ4n) is 2.68. The molecule has 0 radical (unpaired) electrons. The number of nitrogens with one attached hydrogen (secondary N) is 1. The topological polar surface area (TPSA) is 70.5 Å². The number of rotatable bonds is 6. The Kier molecular flexibility index (Phi) is 5.50. The SMILES string of the molecule is CCNc1cc(C)nc(CN(C)CC2(O)CCOCC2)n1. The van der Waals surface area contributed by atoms with Crippen molar-refractivity contribution >= 4 is 5.82 Å². The van der Waals surface area contributed by atoms with Crippen molar-refractivity contribution < 1.29 is 9.84 Å². The van der Waals surface area contributed by atoms with E-state index in [1.54, 1.807) is 0 Å². The zero-order chi connectivity index (χ0) is 15.3. The Hall–Kier alpha value is -1.24. The maximum atomic E-state index is 10.5. The second-order valence-corrected chi connectivity index (χ2v) is 5.85. The van der Waals surface area contributed by atoms with E-state index >= 15 is 0 Å². The standard InChI is InChI=1S/C15H26N4O2/c1-4-16-13-9-12(2)17-14(18-13)10-19(3)11-15(20)5-7-21-8-6-15/h9,20H,4-8,10-11H2,1-3H3,(H,16,17,18). The first-order valence-corrected chi connectivity index (χ1v) is 7.58. The molecule has 0 bridgehead atoms. The summed E-state index contributed by atoms with van der Waals surface area (Å²) in [5, 5.41) is 13.8. The molecule has 2 rings (SSSR count). The van der Waals surface area contributed by atoms with E-state index in [-0.39, 0.29) is 0 Å². The normalized spacial score (nSPS) is 18.0. The number of ether oxygens (including phenoxy) is 1. The van der Waals surface area contributed by atoms with Gasteiger partial charge < -0.3 is 15.2 Å². The summed E-state index contributed by atoms with van der Waals surface area (Å²) in [7, 11) is 1.99. The van der Waals surface area contributed by atoms with Crippen molar-refractivity contribution in [2.45, 2.75) is 38.8 Å². The van der Waals surface area contributed by atoms with Gasteiger partial charge in [-0.3, -0.25) is 4.90 Å². The molecule has 0 aliphatic carbocycles. The molecule has 1 aromatic rings. The Morgan fingerprint density at radius 3 is 2.76 bits per heavy atom. The fraction of sp³-hybridized carbons (Fsp3) is 0.733. The van der Waals surface area contributed by atoms with Crippen molar-refractivity contribution in [2.75, 3.05) is 38.7 Å². The Balaban J connectivity index is 1.96. The summed E-state index contributed by atoms with van der Waals surface area (Å²) < 4.78 is 5.31. The van der Waals surface area contributed by atoms with Gasteiger partial charge >= 0.3 is 0 Å². The molecule has 1 aliphatic rings. The molecular formula is C15H26N4O2. The highest BCUT2D eigenvalue weighted by Crippen LogP contribution is 2.21. The summed E-state index contributed by atoms with van der Waals surface area (Å²) in [5.41, 5.74) is 0.301. The third kappa shape index (κ3) is 4.91. The molecule has 0 aromatic carbocycles. The summed E-state index contributed by atoms with van der Waals surface area (Å²) in [5.74, 6) is 1.64. The first-order valence-electron chi connectivity index (χ1n) is 7.58. The third-order valence-electron chi connectivity index (χ3n) is 3.66. The molecular weight excluding hydrogens is 268 g/mol. The van der Waals surface area contributed by atoms with Gasteiger partial charge in [0.05, 0.1) is 12.1 Å². The lowest BCUT2D eigenvalue weighted by molar-refractivity contribution is -0.0779. The van der Waals surface area contributed by atoms with Crippen LogP contribution < -0.4 is 5.32 Å². The molecule has 1 fully saturated rings. The predicted octanol–water partition coefficient (Wildman–Crippen LogP) is 1.19. The van der Waals surface area contributed by atoms with Crippen LogP contribution in [-0.4, -0.2) is 58.9 Å². The van der Waals surface area contributed by atoms with Crippen LogP contribution in [0.4, 0.5) is 5.82 Å². The van der Waals surface area contributed by atoms with Gasteiger partial charge in [-0.05, 0) is 20.9 Å². The molecule has 1 aromatic heterocycles. The van der Waals surface area contributed by atoms with Gasteiger partial charge in [-0.2, -0.15) is 0 Å². The Labute approximate surface area is 126 Å². The lowest BCUT2D eigenvalue weighted by Crippen LogP contribution is -2.45. The van der Waals surface area contributed by atoms with Crippen molar-refractivity contribution in [1.82, 2.24) is 14.9 Å². The predicted molar refractivity (Wildman–Crippen MR) is 82.3 cm³/mol. The molecule has 0 saturated carbocycles. The highest BCUT2D eigenvalue weighted by Gasteiger charge is 2.31. The number of anilines is 1. The Morgan fingerprint density at radius 2 is 2.10 bits per heavy atom. The molecule has 2 heterocycles. The molecule has 0 atom stereocenters. The first-order chi connectivity index (χ1) is 10.0. The zero-order valence-electron chi connectivity index (χ0n) is 13.2. The van der Waals surface area contributed by atoms with Crippen molar-refractivity contribution in [1.29, 1.82) is 0 Å². The molecule has 118 valence electrons. The Bertz CT molecular complexity index is 461. The number of hydrogen-bond donors (Lipinski definition) is 2. The van der Waals surface area contributed by atoms with Crippen molar-refractivity contribution in [3.8, 4) is 0 Å². The highest BCUT2D eigenvalue weighted by molar-refractivity contribution is 5.35. The third-order valence-corrected chi connectivity index (χ3v) is 3.66. The zero-order valence-corrected chi connectivity index (χ0v) is 13.2. The molecule has 0 unspecified atom stereocenters. The van der Waals surface area contributed by atoms with E-state index in [1.807, 2.05) is 27.0 Å². The van der Waals surface area contributed by atoms with E-state index in [1.165, 1.54) is 0 Å². The maximum Gasteiger partial charge on any atom is 0.144 e. The largest absolute Gasteiger partial charge is 0.388 e. The molecule has 6 nitrogen and oxygen atoms in total. The van der Waals surface area contributed by atoms with Gasteiger partial charge in [-0.25, -0.2) is 9.97 Å². The summed E-state index contributed by atoms with van der Waals surface area (Å²) in [4.78, 5) is 11.1. The molecule has 0 spiro atoms.